The first-order chi connectivity index (χ1) is 10.8. The zero-order valence-electron chi connectivity index (χ0n) is 11.6. The summed E-state index contributed by atoms with van der Waals surface area (Å²) in [5.41, 5.74) is 0.394. The molecular formula is C14H9Cl2F2N2O2S-. The molecule has 0 aliphatic heterocycles. The van der Waals surface area contributed by atoms with Crippen LogP contribution in [-0.2, 0) is 11.3 Å². The van der Waals surface area contributed by atoms with Crippen LogP contribution in [0, 0.1) is 18.6 Å². The predicted octanol–water partition coefficient (Wildman–Crippen LogP) is 4.13. The first kappa shape index (κ1) is 17.8. The Morgan fingerprint density at radius 3 is 2.22 bits per heavy atom. The van der Waals surface area contributed by atoms with E-state index in [1.165, 1.54) is 12.1 Å². The van der Waals surface area contributed by atoms with Gasteiger partial charge in [-0.1, -0.05) is 40.9 Å². The summed E-state index contributed by atoms with van der Waals surface area (Å²) in [6.45, 7) is 1.82. The van der Waals surface area contributed by atoms with E-state index in [4.69, 9.17) is 23.2 Å². The summed E-state index contributed by atoms with van der Waals surface area (Å²) in [4.78, 5) is 0. The second-order valence-electron chi connectivity index (χ2n) is 4.46. The van der Waals surface area contributed by atoms with Gasteiger partial charge in [-0.2, -0.15) is 4.41 Å². The van der Waals surface area contributed by atoms with Crippen molar-refractivity contribution in [3.05, 3.63) is 64.2 Å². The van der Waals surface area contributed by atoms with Crippen molar-refractivity contribution in [1.29, 1.82) is 0 Å². The van der Waals surface area contributed by atoms with Gasteiger partial charge in [-0.25, -0.2) is 8.78 Å². The minimum Gasteiger partial charge on any atom is -0.754 e. The smallest absolute Gasteiger partial charge is 0.163 e. The third kappa shape index (κ3) is 4.26. The fourth-order valence-electron chi connectivity index (χ4n) is 1.72. The average Bonchev–Trinajstić information content (AvgIpc) is 2.44. The quantitative estimate of drug-likeness (QED) is 0.457. The van der Waals surface area contributed by atoms with Crippen molar-refractivity contribution in [2.24, 2.45) is 5.10 Å². The van der Waals surface area contributed by atoms with E-state index in [1.807, 2.05) is 6.92 Å². The summed E-state index contributed by atoms with van der Waals surface area (Å²) >= 11 is 8.49. The van der Waals surface area contributed by atoms with Crippen LogP contribution in [0.25, 0.3) is 0 Å². The van der Waals surface area contributed by atoms with Crippen LogP contribution in [0.2, 0.25) is 5.02 Å². The van der Waals surface area contributed by atoms with E-state index in [1.54, 1.807) is 12.1 Å². The molecule has 0 aliphatic carbocycles. The van der Waals surface area contributed by atoms with Gasteiger partial charge in [0.1, 0.15) is 11.6 Å². The molecule has 0 heterocycles. The molecule has 0 radical (unpaired) electrons. The molecule has 0 amide bonds. The number of hydrogen-bond acceptors (Lipinski definition) is 3. The van der Waals surface area contributed by atoms with Gasteiger partial charge in [-0.15, -0.1) is 5.10 Å². The van der Waals surface area contributed by atoms with Gasteiger partial charge >= 0.3 is 0 Å². The summed E-state index contributed by atoms with van der Waals surface area (Å²) in [5.74, 6) is -2.10. The van der Waals surface area contributed by atoms with Gasteiger partial charge in [0, 0.05) is 5.02 Å². The van der Waals surface area contributed by atoms with Crippen LogP contribution >= 0.6 is 23.2 Å². The van der Waals surface area contributed by atoms with Crippen LogP contribution < -0.4 is 4.41 Å². The standard InChI is InChI=1S/C14H10Cl2F2N2O2S/c1-8-2-4-10(5-3-8)20(23(21)22)19-14(16)13-11(17)6-9(15)7-12(13)18/h2-7H,1H3,(H,21,22)/p-1/b19-14-. The molecule has 1 unspecified atom stereocenters. The highest BCUT2D eigenvalue weighted by molar-refractivity contribution is 7.80. The van der Waals surface area contributed by atoms with E-state index in [0.717, 1.165) is 17.7 Å². The van der Waals surface area contributed by atoms with Crippen molar-refractivity contribution >= 4 is 45.3 Å². The molecule has 0 N–H and O–H groups in total. The molecule has 0 aliphatic rings. The molecule has 1 atom stereocenters. The SMILES string of the molecule is Cc1ccc(N(/N=C(\Cl)c2c(F)cc(Cl)cc2F)S(=O)[O-])cc1. The van der Waals surface area contributed by atoms with Crippen molar-refractivity contribution in [3.63, 3.8) is 0 Å². The number of halogens is 4. The molecule has 4 nitrogen and oxygen atoms in total. The summed E-state index contributed by atoms with van der Waals surface area (Å²) in [6.07, 6.45) is 0. The summed E-state index contributed by atoms with van der Waals surface area (Å²) in [7, 11) is 0. The number of benzene rings is 2. The third-order valence-corrected chi connectivity index (χ3v) is 3.85. The number of anilines is 1. The topological polar surface area (TPSA) is 55.7 Å². The van der Waals surface area contributed by atoms with Gasteiger partial charge < -0.3 is 4.55 Å². The molecule has 0 saturated carbocycles. The fourth-order valence-corrected chi connectivity index (χ4v) is 2.65. The van der Waals surface area contributed by atoms with Gasteiger partial charge in [0.25, 0.3) is 0 Å². The molecule has 9 heteroatoms. The van der Waals surface area contributed by atoms with E-state index in [2.05, 4.69) is 5.10 Å². The summed E-state index contributed by atoms with van der Waals surface area (Å²) < 4.78 is 50.8. The van der Waals surface area contributed by atoms with Crippen LogP contribution in [0.3, 0.4) is 0 Å². The molecule has 0 saturated heterocycles. The highest BCUT2D eigenvalue weighted by Crippen LogP contribution is 2.23. The predicted molar refractivity (Wildman–Crippen MR) is 86.3 cm³/mol. The third-order valence-electron chi connectivity index (χ3n) is 2.79. The maximum atomic E-state index is 13.8. The number of rotatable bonds is 4. The lowest BCUT2D eigenvalue weighted by Gasteiger charge is -2.21. The maximum Gasteiger partial charge on any atom is 0.163 e. The molecule has 2 aromatic carbocycles. The summed E-state index contributed by atoms with van der Waals surface area (Å²) in [5, 5.41) is 2.76. The Morgan fingerprint density at radius 1 is 1.22 bits per heavy atom. The maximum absolute atomic E-state index is 13.8. The highest BCUT2D eigenvalue weighted by atomic mass is 35.5. The molecule has 0 spiro atoms. The van der Waals surface area contributed by atoms with Crippen molar-refractivity contribution < 1.29 is 17.5 Å². The molecule has 2 rings (SSSR count). The Hall–Kier alpha value is -1.54. The van der Waals surface area contributed by atoms with Crippen LogP contribution in [0.15, 0.2) is 41.5 Å². The van der Waals surface area contributed by atoms with Gasteiger partial charge in [-0.05, 0) is 31.2 Å². The van der Waals surface area contributed by atoms with Gasteiger partial charge in [0.05, 0.1) is 22.5 Å². The highest BCUT2D eigenvalue weighted by Gasteiger charge is 2.17. The molecule has 122 valence electrons. The largest absolute Gasteiger partial charge is 0.754 e. The lowest BCUT2D eigenvalue weighted by Crippen LogP contribution is -2.21. The van der Waals surface area contributed by atoms with Crippen LogP contribution in [0.1, 0.15) is 11.1 Å². The van der Waals surface area contributed by atoms with Gasteiger partial charge in [-0.3, -0.25) is 4.21 Å². The first-order valence-corrected chi connectivity index (χ1v) is 7.93. The Morgan fingerprint density at radius 2 is 1.74 bits per heavy atom. The van der Waals surface area contributed by atoms with Crippen molar-refractivity contribution in [3.8, 4) is 0 Å². The number of nitrogens with zero attached hydrogens (tertiary/aromatic N) is 2. The first-order valence-electron chi connectivity index (χ1n) is 6.15. The normalized spacial score (nSPS) is 13.0. The minimum absolute atomic E-state index is 0.156. The number of hydrogen-bond donors (Lipinski definition) is 0. The van der Waals surface area contributed by atoms with E-state index < -0.39 is 33.6 Å². The molecule has 2 aromatic rings. The Kier molecular flexibility index (Phi) is 5.69. The number of hydrazone groups is 1. The number of aryl methyl sites for hydroxylation is 1. The van der Waals surface area contributed by atoms with E-state index in [-0.39, 0.29) is 10.7 Å². The zero-order chi connectivity index (χ0) is 17.1. The van der Waals surface area contributed by atoms with Crippen LogP contribution in [-0.4, -0.2) is 13.9 Å². The van der Waals surface area contributed by atoms with Gasteiger partial charge in [0.2, 0.25) is 0 Å². The lowest BCUT2D eigenvalue weighted by atomic mass is 10.2. The van der Waals surface area contributed by atoms with E-state index in [9.17, 15) is 17.5 Å². The second-order valence-corrected chi connectivity index (χ2v) is 6.04. The van der Waals surface area contributed by atoms with E-state index in [0.29, 0.717) is 4.41 Å². The second kappa shape index (κ2) is 7.35. The van der Waals surface area contributed by atoms with Crippen LogP contribution in [0.4, 0.5) is 14.5 Å². The molecule has 0 fully saturated rings. The molecule has 0 aromatic heterocycles. The monoisotopic (exact) mass is 377 g/mol. The Balaban J connectivity index is 2.48. The Labute approximate surface area is 143 Å². The van der Waals surface area contributed by atoms with Crippen molar-refractivity contribution in [1.82, 2.24) is 0 Å². The average molecular weight is 378 g/mol. The fraction of sp³-hybridized carbons (Fsp3) is 0.0714. The van der Waals surface area contributed by atoms with Crippen molar-refractivity contribution in [2.75, 3.05) is 4.41 Å². The molecule has 23 heavy (non-hydrogen) atoms. The van der Waals surface area contributed by atoms with E-state index >= 15 is 0 Å². The van der Waals surface area contributed by atoms with Gasteiger partial charge in [0.15, 0.2) is 5.17 Å². The molecular weight excluding hydrogens is 369 g/mol. The molecule has 0 bridgehead atoms. The lowest BCUT2D eigenvalue weighted by molar-refractivity contribution is 0.533. The summed E-state index contributed by atoms with van der Waals surface area (Å²) in [6, 6.07) is 7.97. The zero-order valence-corrected chi connectivity index (χ0v) is 13.9. The van der Waals surface area contributed by atoms with Crippen LogP contribution in [0.5, 0.6) is 0 Å². The Bertz CT molecular complexity index is 762. The minimum atomic E-state index is -2.83. The van der Waals surface area contributed by atoms with Crippen molar-refractivity contribution in [2.45, 2.75) is 6.92 Å².